The molecule has 0 fully saturated rings. The molecule has 1 aromatic carbocycles. The maximum atomic E-state index is 12.6. The smallest absolute Gasteiger partial charge is 0.416 e. The van der Waals surface area contributed by atoms with Crippen molar-refractivity contribution in [1.29, 1.82) is 0 Å². The average molecular weight is 289 g/mol. The van der Waals surface area contributed by atoms with Gasteiger partial charge in [0.15, 0.2) is 0 Å². The standard InChI is InChI=1S/C14H18F3NO2/c1-10(18-6-7-20-11(2)19)8-12-4-3-5-13(9-12)14(15,16)17/h3-5,9-10,18H,6-8H2,1-2H3. The van der Waals surface area contributed by atoms with Gasteiger partial charge >= 0.3 is 12.1 Å². The molecular formula is C14H18F3NO2. The number of carbonyl (C=O) groups is 1. The molecule has 0 spiro atoms. The Hall–Kier alpha value is -1.56. The first-order valence-corrected chi connectivity index (χ1v) is 6.32. The quantitative estimate of drug-likeness (QED) is 0.646. The van der Waals surface area contributed by atoms with E-state index in [9.17, 15) is 18.0 Å². The summed E-state index contributed by atoms with van der Waals surface area (Å²) in [7, 11) is 0. The van der Waals surface area contributed by atoms with Gasteiger partial charge in [0.2, 0.25) is 0 Å². The number of halogens is 3. The monoisotopic (exact) mass is 289 g/mol. The van der Waals surface area contributed by atoms with Crippen LogP contribution in [0.4, 0.5) is 13.2 Å². The predicted molar refractivity (Wildman–Crippen MR) is 69.2 cm³/mol. The SMILES string of the molecule is CC(=O)OCCNC(C)Cc1cccc(C(F)(F)F)c1. The van der Waals surface area contributed by atoms with Crippen molar-refractivity contribution < 1.29 is 22.7 Å². The highest BCUT2D eigenvalue weighted by Crippen LogP contribution is 2.29. The number of rotatable bonds is 6. The maximum Gasteiger partial charge on any atom is 0.416 e. The minimum absolute atomic E-state index is 0.00552. The fourth-order valence-electron chi connectivity index (χ4n) is 1.80. The average Bonchev–Trinajstić information content (AvgIpc) is 2.34. The molecule has 1 atom stereocenters. The van der Waals surface area contributed by atoms with Crippen LogP contribution in [-0.4, -0.2) is 25.2 Å². The Labute approximate surface area is 116 Å². The van der Waals surface area contributed by atoms with Crippen LogP contribution in [0.25, 0.3) is 0 Å². The lowest BCUT2D eigenvalue weighted by Crippen LogP contribution is -2.31. The van der Waals surface area contributed by atoms with Crippen molar-refractivity contribution >= 4 is 5.97 Å². The van der Waals surface area contributed by atoms with E-state index in [0.717, 1.165) is 12.1 Å². The molecule has 0 saturated heterocycles. The Morgan fingerprint density at radius 2 is 2.10 bits per heavy atom. The second-order valence-corrected chi connectivity index (χ2v) is 4.60. The molecule has 0 radical (unpaired) electrons. The van der Waals surface area contributed by atoms with Crippen LogP contribution in [0.3, 0.4) is 0 Å². The molecule has 0 amide bonds. The van der Waals surface area contributed by atoms with E-state index in [-0.39, 0.29) is 18.6 Å². The van der Waals surface area contributed by atoms with Crippen LogP contribution in [0.15, 0.2) is 24.3 Å². The fourth-order valence-corrected chi connectivity index (χ4v) is 1.80. The Morgan fingerprint density at radius 1 is 1.40 bits per heavy atom. The number of hydrogen-bond donors (Lipinski definition) is 1. The Morgan fingerprint density at radius 3 is 2.70 bits per heavy atom. The molecule has 0 aromatic heterocycles. The van der Waals surface area contributed by atoms with Crippen molar-refractivity contribution in [2.24, 2.45) is 0 Å². The van der Waals surface area contributed by atoms with Crippen molar-refractivity contribution in [2.75, 3.05) is 13.2 Å². The molecule has 0 bridgehead atoms. The van der Waals surface area contributed by atoms with Gasteiger partial charge in [-0.3, -0.25) is 4.79 Å². The summed E-state index contributed by atoms with van der Waals surface area (Å²) >= 11 is 0. The van der Waals surface area contributed by atoms with Gasteiger partial charge in [0.25, 0.3) is 0 Å². The van der Waals surface area contributed by atoms with Crippen LogP contribution in [0.2, 0.25) is 0 Å². The largest absolute Gasteiger partial charge is 0.465 e. The minimum Gasteiger partial charge on any atom is -0.465 e. The van der Waals surface area contributed by atoms with Crippen LogP contribution in [0.1, 0.15) is 25.0 Å². The van der Waals surface area contributed by atoms with Gasteiger partial charge in [0, 0.05) is 19.5 Å². The molecule has 0 aliphatic carbocycles. The lowest BCUT2D eigenvalue weighted by atomic mass is 10.0. The zero-order valence-corrected chi connectivity index (χ0v) is 11.5. The molecule has 3 nitrogen and oxygen atoms in total. The molecule has 20 heavy (non-hydrogen) atoms. The zero-order valence-electron chi connectivity index (χ0n) is 11.5. The summed E-state index contributed by atoms with van der Waals surface area (Å²) in [5.41, 5.74) is -0.0191. The Kier molecular flexibility index (Phi) is 6.01. The molecule has 0 aliphatic heterocycles. The summed E-state index contributed by atoms with van der Waals surface area (Å²) in [5.74, 6) is -0.350. The lowest BCUT2D eigenvalue weighted by Gasteiger charge is -2.15. The molecule has 1 N–H and O–H groups in total. The summed E-state index contributed by atoms with van der Waals surface area (Å²) in [5, 5.41) is 3.09. The summed E-state index contributed by atoms with van der Waals surface area (Å²) in [4.78, 5) is 10.6. The first-order valence-electron chi connectivity index (χ1n) is 6.32. The van der Waals surface area contributed by atoms with E-state index >= 15 is 0 Å². The summed E-state index contributed by atoms with van der Waals surface area (Å²) < 4.78 is 42.5. The molecule has 6 heteroatoms. The van der Waals surface area contributed by atoms with Crippen LogP contribution in [-0.2, 0) is 22.1 Å². The van der Waals surface area contributed by atoms with E-state index < -0.39 is 11.7 Å². The molecule has 0 heterocycles. The number of hydrogen-bond acceptors (Lipinski definition) is 3. The predicted octanol–water partition coefficient (Wildman–Crippen LogP) is 2.79. The van der Waals surface area contributed by atoms with Crippen LogP contribution >= 0.6 is 0 Å². The van der Waals surface area contributed by atoms with E-state index in [1.54, 1.807) is 6.07 Å². The van der Waals surface area contributed by atoms with Gasteiger partial charge in [-0.15, -0.1) is 0 Å². The van der Waals surface area contributed by atoms with Gasteiger partial charge < -0.3 is 10.1 Å². The van der Waals surface area contributed by atoms with Gasteiger partial charge in [-0.2, -0.15) is 13.2 Å². The van der Waals surface area contributed by atoms with Crippen molar-refractivity contribution in [2.45, 2.75) is 32.5 Å². The Bertz CT molecular complexity index is 446. The topological polar surface area (TPSA) is 38.3 Å². The molecule has 1 aromatic rings. The van der Waals surface area contributed by atoms with Crippen molar-refractivity contribution in [3.8, 4) is 0 Å². The number of esters is 1. The molecule has 0 saturated carbocycles. The van der Waals surface area contributed by atoms with Gasteiger partial charge in [-0.25, -0.2) is 0 Å². The van der Waals surface area contributed by atoms with Gasteiger partial charge in [0.05, 0.1) is 5.56 Å². The normalized spacial score (nSPS) is 13.1. The molecule has 0 aliphatic rings. The van der Waals surface area contributed by atoms with Crippen LogP contribution in [0.5, 0.6) is 0 Å². The summed E-state index contributed by atoms with van der Waals surface area (Å²) in [6.07, 6.45) is -3.84. The van der Waals surface area contributed by atoms with Gasteiger partial charge in [-0.05, 0) is 25.0 Å². The lowest BCUT2D eigenvalue weighted by molar-refractivity contribution is -0.141. The number of nitrogens with one attached hydrogen (secondary N) is 1. The number of ether oxygens (including phenoxy) is 1. The van der Waals surface area contributed by atoms with Crippen molar-refractivity contribution in [1.82, 2.24) is 5.32 Å². The summed E-state index contributed by atoms with van der Waals surface area (Å²) in [6, 6.07) is 5.28. The first-order chi connectivity index (χ1) is 9.29. The summed E-state index contributed by atoms with van der Waals surface area (Å²) in [6.45, 7) is 3.92. The molecule has 112 valence electrons. The van der Waals surface area contributed by atoms with E-state index in [1.165, 1.54) is 13.0 Å². The first kappa shape index (κ1) is 16.5. The third kappa shape index (κ3) is 6.06. The fraction of sp³-hybridized carbons (Fsp3) is 0.500. The zero-order chi connectivity index (χ0) is 15.2. The minimum atomic E-state index is -4.32. The number of benzene rings is 1. The van der Waals surface area contributed by atoms with Crippen molar-refractivity contribution in [3.63, 3.8) is 0 Å². The van der Waals surface area contributed by atoms with Crippen molar-refractivity contribution in [3.05, 3.63) is 35.4 Å². The molecular weight excluding hydrogens is 271 g/mol. The van der Waals surface area contributed by atoms with Crippen LogP contribution in [0, 0.1) is 0 Å². The highest BCUT2D eigenvalue weighted by Gasteiger charge is 2.30. The second kappa shape index (κ2) is 7.28. The molecule has 1 unspecified atom stereocenters. The van der Waals surface area contributed by atoms with Gasteiger partial charge in [0.1, 0.15) is 6.61 Å². The highest BCUT2D eigenvalue weighted by atomic mass is 19.4. The third-order valence-corrected chi connectivity index (χ3v) is 2.70. The van der Waals surface area contributed by atoms with Crippen LogP contribution < -0.4 is 5.32 Å². The Balaban J connectivity index is 2.46. The van der Waals surface area contributed by atoms with E-state index in [2.05, 4.69) is 5.32 Å². The second-order valence-electron chi connectivity index (χ2n) is 4.60. The van der Waals surface area contributed by atoms with Gasteiger partial charge in [-0.1, -0.05) is 18.2 Å². The number of carbonyl (C=O) groups excluding carboxylic acids is 1. The number of alkyl halides is 3. The highest BCUT2D eigenvalue weighted by molar-refractivity contribution is 5.65. The van der Waals surface area contributed by atoms with E-state index in [0.29, 0.717) is 18.5 Å². The van der Waals surface area contributed by atoms with E-state index in [1.807, 2.05) is 6.92 Å². The maximum absolute atomic E-state index is 12.6. The van der Waals surface area contributed by atoms with E-state index in [4.69, 9.17) is 4.74 Å². The third-order valence-electron chi connectivity index (χ3n) is 2.70. The molecule has 1 rings (SSSR count).